The molecule has 3 rings (SSSR count). The summed E-state index contributed by atoms with van der Waals surface area (Å²) in [6.07, 6.45) is 10.9. The first-order valence-electron chi connectivity index (χ1n) is 11.9. The first-order chi connectivity index (χ1) is 14.8. The van der Waals surface area contributed by atoms with Crippen molar-refractivity contribution in [3.63, 3.8) is 0 Å². The van der Waals surface area contributed by atoms with Crippen LogP contribution in [0.5, 0.6) is 0 Å². The van der Waals surface area contributed by atoms with Crippen molar-refractivity contribution in [2.45, 2.75) is 64.5 Å². The van der Waals surface area contributed by atoms with E-state index in [0.717, 1.165) is 26.2 Å². The minimum absolute atomic E-state index is 0.258. The molecule has 0 aromatic heterocycles. The molecule has 1 aliphatic rings. The van der Waals surface area contributed by atoms with Crippen molar-refractivity contribution in [2.24, 2.45) is 5.84 Å². The van der Waals surface area contributed by atoms with E-state index in [4.69, 9.17) is 5.84 Å². The number of benzene rings is 2. The highest BCUT2D eigenvalue weighted by Gasteiger charge is 2.33. The van der Waals surface area contributed by atoms with Crippen LogP contribution in [0.2, 0.25) is 0 Å². The van der Waals surface area contributed by atoms with Gasteiger partial charge in [0.25, 0.3) is 0 Å². The number of unbranched alkanes of at least 4 members (excludes halogenated alkanes) is 7. The molecule has 1 saturated heterocycles. The molecule has 0 bridgehead atoms. The number of rotatable bonds is 13. The molecule has 0 atom stereocenters. The zero-order valence-corrected chi connectivity index (χ0v) is 18.8. The molecule has 2 aromatic carbocycles. The summed E-state index contributed by atoms with van der Waals surface area (Å²) in [5.41, 5.74) is 2.56. The lowest BCUT2D eigenvalue weighted by molar-refractivity contribution is 0.258. The van der Waals surface area contributed by atoms with Crippen LogP contribution in [0.1, 0.15) is 58.3 Å². The monoisotopic (exact) mass is 408 g/mol. The van der Waals surface area contributed by atoms with Crippen LogP contribution in [0.15, 0.2) is 60.7 Å². The molecule has 1 fully saturated rings. The smallest absolute Gasteiger partial charge is 0.116 e. The maximum absolute atomic E-state index is 6.49. The maximum Gasteiger partial charge on any atom is 0.116 e. The van der Waals surface area contributed by atoms with Crippen LogP contribution in [0.4, 0.5) is 11.4 Å². The lowest BCUT2D eigenvalue weighted by atomic mass is 10.1. The summed E-state index contributed by atoms with van der Waals surface area (Å²) >= 11 is 0. The molecule has 164 valence electrons. The molecule has 0 radical (unpaired) electrons. The van der Waals surface area contributed by atoms with E-state index in [1.54, 1.807) is 0 Å². The third-order valence-corrected chi connectivity index (χ3v) is 6.17. The number of para-hydroxylation sites is 2. The minimum atomic E-state index is 0.258. The van der Waals surface area contributed by atoms with E-state index in [1.807, 2.05) is 5.01 Å². The summed E-state index contributed by atoms with van der Waals surface area (Å²) < 4.78 is 0. The van der Waals surface area contributed by atoms with Gasteiger partial charge in [0.2, 0.25) is 0 Å². The van der Waals surface area contributed by atoms with Crippen LogP contribution in [0.3, 0.4) is 0 Å². The molecule has 0 spiro atoms. The van der Waals surface area contributed by atoms with E-state index in [9.17, 15) is 0 Å². The maximum atomic E-state index is 6.49. The van der Waals surface area contributed by atoms with Crippen molar-refractivity contribution >= 4 is 11.4 Å². The van der Waals surface area contributed by atoms with Crippen LogP contribution in [-0.2, 0) is 0 Å². The lowest BCUT2D eigenvalue weighted by Gasteiger charge is -2.35. The Hall–Kier alpha value is -2.04. The Labute approximate surface area is 183 Å². The highest BCUT2D eigenvalue weighted by molar-refractivity contribution is 5.56. The summed E-state index contributed by atoms with van der Waals surface area (Å²) in [7, 11) is 0. The molecule has 0 unspecified atom stereocenters. The zero-order chi connectivity index (χ0) is 21.0. The topological polar surface area (TPSA) is 35.7 Å². The van der Waals surface area contributed by atoms with E-state index in [-0.39, 0.29) is 6.17 Å². The van der Waals surface area contributed by atoms with Gasteiger partial charge in [0.05, 0.1) is 6.54 Å². The Morgan fingerprint density at radius 3 is 1.70 bits per heavy atom. The van der Waals surface area contributed by atoms with Gasteiger partial charge in [-0.25, -0.2) is 5.01 Å². The fraction of sp³-hybridized carbons (Fsp3) is 0.538. The lowest BCUT2D eigenvalue weighted by Crippen LogP contribution is -2.50. The normalized spacial score (nSPS) is 14.8. The van der Waals surface area contributed by atoms with E-state index in [2.05, 4.69) is 77.4 Å². The number of hydrogen-bond donors (Lipinski definition) is 1. The number of nitrogens with zero attached hydrogens (tertiary/aromatic N) is 3. The second kappa shape index (κ2) is 12.6. The zero-order valence-electron chi connectivity index (χ0n) is 18.8. The quantitative estimate of drug-likeness (QED) is 0.264. The van der Waals surface area contributed by atoms with Gasteiger partial charge in [0.15, 0.2) is 0 Å². The molecule has 0 saturated carbocycles. The Kier molecular flexibility index (Phi) is 9.52. The number of nitrogens with two attached hydrogens (primary N) is 1. The Bertz CT molecular complexity index is 643. The number of hydrogen-bond acceptors (Lipinski definition) is 4. The van der Waals surface area contributed by atoms with Crippen molar-refractivity contribution in [1.82, 2.24) is 5.01 Å². The van der Waals surface area contributed by atoms with Gasteiger partial charge < -0.3 is 9.80 Å². The van der Waals surface area contributed by atoms with Crippen LogP contribution in [-0.4, -0.2) is 37.4 Å². The molecule has 0 amide bonds. The third kappa shape index (κ3) is 6.75. The van der Waals surface area contributed by atoms with Crippen molar-refractivity contribution < 1.29 is 0 Å². The highest BCUT2D eigenvalue weighted by atomic mass is 15.5. The second-order valence-corrected chi connectivity index (χ2v) is 8.51. The highest BCUT2D eigenvalue weighted by Crippen LogP contribution is 2.28. The van der Waals surface area contributed by atoms with Crippen molar-refractivity contribution in [3.8, 4) is 0 Å². The predicted octanol–water partition coefficient (Wildman–Crippen LogP) is 5.66. The summed E-state index contributed by atoms with van der Waals surface area (Å²) in [6, 6.07) is 21.5. The van der Waals surface area contributed by atoms with Gasteiger partial charge in [-0.1, -0.05) is 88.3 Å². The SMILES string of the molecule is CCCCCCCCCCN(N)CC1N(c2ccccc2)CCN1c1ccccc1. The Balaban J connectivity index is 1.52. The van der Waals surface area contributed by atoms with E-state index < -0.39 is 0 Å². The van der Waals surface area contributed by atoms with Crippen LogP contribution in [0.25, 0.3) is 0 Å². The summed E-state index contributed by atoms with van der Waals surface area (Å²) in [5.74, 6) is 6.49. The fourth-order valence-corrected chi connectivity index (χ4v) is 4.47. The molecular formula is C26H40N4. The molecule has 30 heavy (non-hydrogen) atoms. The number of anilines is 2. The largest absolute Gasteiger partial charge is 0.348 e. The van der Waals surface area contributed by atoms with Gasteiger partial charge in [-0.2, -0.15) is 0 Å². The molecule has 2 N–H and O–H groups in total. The average Bonchev–Trinajstić information content (AvgIpc) is 3.20. The molecule has 4 heteroatoms. The first kappa shape index (κ1) is 22.6. The molecule has 0 aliphatic carbocycles. The van der Waals surface area contributed by atoms with Gasteiger partial charge in [-0.3, -0.25) is 5.84 Å². The number of hydrazine groups is 1. The molecule has 4 nitrogen and oxygen atoms in total. The van der Waals surface area contributed by atoms with E-state index in [1.165, 1.54) is 62.7 Å². The summed E-state index contributed by atoms with van der Waals surface area (Å²) in [4.78, 5) is 5.00. The molecule has 1 heterocycles. The molecular weight excluding hydrogens is 368 g/mol. The summed E-state index contributed by atoms with van der Waals surface area (Å²) in [6.45, 7) is 6.14. The second-order valence-electron chi connectivity index (χ2n) is 8.51. The fourth-order valence-electron chi connectivity index (χ4n) is 4.47. The van der Waals surface area contributed by atoms with Gasteiger partial charge in [0, 0.05) is 31.0 Å². The van der Waals surface area contributed by atoms with Crippen molar-refractivity contribution in [2.75, 3.05) is 36.0 Å². The molecule has 1 aliphatic heterocycles. The van der Waals surface area contributed by atoms with Crippen LogP contribution >= 0.6 is 0 Å². The van der Waals surface area contributed by atoms with Gasteiger partial charge in [0.1, 0.15) is 6.17 Å². The van der Waals surface area contributed by atoms with Crippen LogP contribution in [0, 0.1) is 0 Å². The first-order valence-corrected chi connectivity index (χ1v) is 11.9. The van der Waals surface area contributed by atoms with Crippen molar-refractivity contribution in [1.29, 1.82) is 0 Å². The molecule has 2 aromatic rings. The minimum Gasteiger partial charge on any atom is -0.348 e. The van der Waals surface area contributed by atoms with E-state index in [0.29, 0.717) is 0 Å². The standard InChI is InChI=1S/C26H40N4/c1-2-3-4-5-6-7-8-15-20-28(27)23-26-29(24-16-11-9-12-17-24)21-22-30(26)25-18-13-10-14-19-25/h9-14,16-19,26H,2-8,15,20-23,27H2,1H3. The van der Waals surface area contributed by atoms with Gasteiger partial charge in [-0.15, -0.1) is 0 Å². The van der Waals surface area contributed by atoms with Crippen molar-refractivity contribution in [3.05, 3.63) is 60.7 Å². The Morgan fingerprint density at radius 1 is 0.733 bits per heavy atom. The third-order valence-electron chi connectivity index (χ3n) is 6.17. The summed E-state index contributed by atoms with van der Waals surface area (Å²) in [5, 5.41) is 2.04. The van der Waals surface area contributed by atoms with Crippen LogP contribution < -0.4 is 15.6 Å². The van der Waals surface area contributed by atoms with E-state index >= 15 is 0 Å². The predicted molar refractivity (Wildman–Crippen MR) is 130 cm³/mol. The van der Waals surface area contributed by atoms with Gasteiger partial charge >= 0.3 is 0 Å². The average molecular weight is 409 g/mol. The Morgan fingerprint density at radius 2 is 1.20 bits per heavy atom. The van der Waals surface area contributed by atoms with Gasteiger partial charge in [-0.05, 0) is 30.7 Å².